The predicted octanol–water partition coefficient (Wildman–Crippen LogP) is 4.64. The number of pyridine rings is 1. The van der Waals surface area contributed by atoms with E-state index >= 15 is 0 Å². The molecule has 2 aromatic heterocycles. The fraction of sp³-hybridized carbons (Fsp3) is 0.318. The highest BCUT2D eigenvalue weighted by molar-refractivity contribution is 5.69. The van der Waals surface area contributed by atoms with E-state index in [-0.39, 0.29) is 23.5 Å². The van der Waals surface area contributed by atoms with Gasteiger partial charge in [0, 0.05) is 18.0 Å². The van der Waals surface area contributed by atoms with Crippen LogP contribution < -0.4 is 15.0 Å². The minimum Gasteiger partial charge on any atom is -0.435 e. The zero-order valence-electron chi connectivity index (χ0n) is 17.5. The standard InChI is InChI=1S/C22H22F3N5O2/c1-13-11-31-12-14(2)30(13)22-26-8-7-19(29-22)28-18-9-16(10-27-20(18)23)15-3-5-17(6-4-15)32-21(24)25/h3-10,13-14,21H,11-12H2,1-2H3,(H,26,28,29). The normalized spacial score (nSPS) is 18.6. The van der Waals surface area contributed by atoms with Crippen LogP contribution in [0.15, 0.2) is 48.8 Å². The first-order valence-electron chi connectivity index (χ1n) is 10.1. The van der Waals surface area contributed by atoms with E-state index in [0.29, 0.717) is 36.1 Å². The summed E-state index contributed by atoms with van der Waals surface area (Å²) in [5.74, 6) is 0.286. The molecule has 2 atom stereocenters. The van der Waals surface area contributed by atoms with E-state index in [0.717, 1.165) is 0 Å². The lowest BCUT2D eigenvalue weighted by molar-refractivity contribution is -0.0498. The number of benzene rings is 1. The average Bonchev–Trinajstić information content (AvgIpc) is 2.76. The number of hydrogen-bond donors (Lipinski definition) is 1. The van der Waals surface area contributed by atoms with Gasteiger partial charge in [0.15, 0.2) is 0 Å². The Morgan fingerprint density at radius 1 is 1.06 bits per heavy atom. The molecule has 0 aliphatic carbocycles. The van der Waals surface area contributed by atoms with Gasteiger partial charge in [-0.05, 0) is 43.7 Å². The molecule has 0 bridgehead atoms. The second-order valence-electron chi connectivity index (χ2n) is 7.47. The van der Waals surface area contributed by atoms with Gasteiger partial charge in [0.25, 0.3) is 0 Å². The summed E-state index contributed by atoms with van der Waals surface area (Å²) in [7, 11) is 0. The van der Waals surface area contributed by atoms with Crippen molar-refractivity contribution in [3.63, 3.8) is 0 Å². The van der Waals surface area contributed by atoms with E-state index < -0.39 is 12.6 Å². The van der Waals surface area contributed by atoms with Gasteiger partial charge >= 0.3 is 6.61 Å². The molecule has 168 valence electrons. The van der Waals surface area contributed by atoms with Crippen LogP contribution in [0, 0.1) is 5.95 Å². The molecule has 0 radical (unpaired) electrons. The number of ether oxygens (including phenoxy) is 2. The van der Waals surface area contributed by atoms with Gasteiger partial charge in [0.05, 0.1) is 31.0 Å². The summed E-state index contributed by atoms with van der Waals surface area (Å²) in [6, 6.07) is 9.45. The summed E-state index contributed by atoms with van der Waals surface area (Å²) in [5, 5.41) is 2.96. The molecule has 1 aliphatic rings. The number of hydrogen-bond acceptors (Lipinski definition) is 7. The van der Waals surface area contributed by atoms with Crippen molar-refractivity contribution in [2.45, 2.75) is 32.5 Å². The van der Waals surface area contributed by atoms with Crippen molar-refractivity contribution >= 4 is 17.5 Å². The van der Waals surface area contributed by atoms with Crippen molar-refractivity contribution in [3.05, 3.63) is 54.7 Å². The largest absolute Gasteiger partial charge is 0.435 e. The number of rotatable bonds is 6. The van der Waals surface area contributed by atoms with Gasteiger partial charge in [-0.15, -0.1) is 0 Å². The van der Waals surface area contributed by atoms with E-state index in [4.69, 9.17) is 4.74 Å². The summed E-state index contributed by atoms with van der Waals surface area (Å²) in [4.78, 5) is 14.8. The van der Waals surface area contributed by atoms with Crippen LogP contribution in [0.5, 0.6) is 5.75 Å². The fourth-order valence-electron chi connectivity index (χ4n) is 3.60. The van der Waals surface area contributed by atoms with Crippen LogP contribution in [0.1, 0.15) is 13.8 Å². The van der Waals surface area contributed by atoms with Crippen LogP contribution in [0.3, 0.4) is 0 Å². The molecule has 4 rings (SSSR count). The quantitative estimate of drug-likeness (QED) is 0.555. The molecule has 1 saturated heterocycles. The zero-order valence-corrected chi connectivity index (χ0v) is 17.5. The third kappa shape index (κ3) is 4.91. The lowest BCUT2D eigenvalue weighted by Crippen LogP contribution is -2.50. The van der Waals surface area contributed by atoms with Gasteiger partial charge in [-0.1, -0.05) is 12.1 Å². The van der Waals surface area contributed by atoms with Crippen LogP contribution in [0.4, 0.5) is 30.6 Å². The highest BCUT2D eigenvalue weighted by Crippen LogP contribution is 2.28. The van der Waals surface area contributed by atoms with E-state index in [1.807, 2.05) is 13.8 Å². The Morgan fingerprint density at radius 2 is 1.78 bits per heavy atom. The van der Waals surface area contributed by atoms with Gasteiger partial charge in [0.2, 0.25) is 11.9 Å². The monoisotopic (exact) mass is 445 g/mol. The van der Waals surface area contributed by atoms with Gasteiger partial charge in [-0.3, -0.25) is 0 Å². The number of halogens is 3. The van der Waals surface area contributed by atoms with Crippen molar-refractivity contribution in [1.82, 2.24) is 15.0 Å². The first-order chi connectivity index (χ1) is 15.4. The lowest BCUT2D eigenvalue weighted by atomic mass is 10.1. The maximum atomic E-state index is 14.4. The lowest BCUT2D eigenvalue weighted by Gasteiger charge is -2.38. The predicted molar refractivity (Wildman–Crippen MR) is 114 cm³/mol. The molecule has 3 heterocycles. The molecule has 1 N–H and O–H groups in total. The molecule has 10 heteroatoms. The molecular formula is C22H22F3N5O2. The van der Waals surface area contributed by atoms with Crippen molar-refractivity contribution in [2.24, 2.45) is 0 Å². The third-order valence-corrected chi connectivity index (χ3v) is 5.06. The number of alkyl halides is 2. The average molecular weight is 445 g/mol. The first-order valence-corrected chi connectivity index (χ1v) is 10.1. The highest BCUT2D eigenvalue weighted by Gasteiger charge is 2.27. The van der Waals surface area contributed by atoms with E-state index in [1.54, 1.807) is 30.5 Å². The summed E-state index contributed by atoms with van der Waals surface area (Å²) < 4.78 is 49.0. The Bertz CT molecular complexity index is 1060. The van der Waals surface area contributed by atoms with Gasteiger partial charge in [-0.2, -0.15) is 18.2 Å². The van der Waals surface area contributed by atoms with Gasteiger partial charge in [-0.25, -0.2) is 9.97 Å². The Balaban J connectivity index is 1.56. The SMILES string of the molecule is CC1COCC(C)N1c1nccc(Nc2cc(-c3ccc(OC(F)F)cc3)cnc2F)n1. The molecule has 2 unspecified atom stereocenters. The Kier molecular flexibility index (Phi) is 6.40. The van der Waals surface area contributed by atoms with E-state index in [2.05, 4.69) is 29.9 Å². The van der Waals surface area contributed by atoms with Crippen molar-refractivity contribution in [3.8, 4) is 16.9 Å². The van der Waals surface area contributed by atoms with Crippen molar-refractivity contribution in [1.29, 1.82) is 0 Å². The Hall–Kier alpha value is -3.40. The van der Waals surface area contributed by atoms with Crippen LogP contribution in [-0.2, 0) is 4.74 Å². The van der Waals surface area contributed by atoms with Crippen molar-refractivity contribution < 1.29 is 22.6 Å². The van der Waals surface area contributed by atoms with Gasteiger partial charge in [0.1, 0.15) is 11.6 Å². The fourth-order valence-corrected chi connectivity index (χ4v) is 3.60. The topological polar surface area (TPSA) is 72.4 Å². The molecule has 0 saturated carbocycles. The van der Waals surface area contributed by atoms with Gasteiger partial charge < -0.3 is 19.7 Å². The second-order valence-corrected chi connectivity index (χ2v) is 7.47. The maximum Gasteiger partial charge on any atom is 0.387 e. The van der Waals surface area contributed by atoms with Crippen molar-refractivity contribution in [2.75, 3.05) is 23.4 Å². The highest BCUT2D eigenvalue weighted by atomic mass is 19.3. The molecule has 1 fully saturated rings. The van der Waals surface area contributed by atoms with Crippen LogP contribution in [-0.4, -0.2) is 46.9 Å². The number of morpholine rings is 1. The minimum absolute atomic E-state index is 0.0391. The van der Waals surface area contributed by atoms with E-state index in [9.17, 15) is 13.2 Å². The smallest absolute Gasteiger partial charge is 0.387 e. The van der Waals surface area contributed by atoms with Crippen LogP contribution >= 0.6 is 0 Å². The molecule has 3 aromatic rings. The van der Waals surface area contributed by atoms with Crippen LogP contribution in [0.25, 0.3) is 11.1 Å². The molecule has 0 amide bonds. The number of anilines is 3. The molecule has 7 nitrogen and oxygen atoms in total. The third-order valence-electron chi connectivity index (χ3n) is 5.06. The summed E-state index contributed by atoms with van der Waals surface area (Å²) in [6.45, 7) is 2.32. The summed E-state index contributed by atoms with van der Waals surface area (Å²) in [6.07, 6.45) is 2.97. The zero-order chi connectivity index (χ0) is 22.7. The first kappa shape index (κ1) is 21.8. The minimum atomic E-state index is -2.90. The molecule has 0 spiro atoms. The summed E-state index contributed by atoms with van der Waals surface area (Å²) in [5.41, 5.74) is 1.40. The summed E-state index contributed by atoms with van der Waals surface area (Å²) >= 11 is 0. The number of nitrogens with one attached hydrogen (secondary N) is 1. The Morgan fingerprint density at radius 3 is 2.47 bits per heavy atom. The maximum absolute atomic E-state index is 14.4. The molecule has 1 aromatic carbocycles. The molecule has 1 aliphatic heterocycles. The number of nitrogens with zero attached hydrogens (tertiary/aromatic N) is 4. The van der Waals surface area contributed by atoms with Crippen LogP contribution in [0.2, 0.25) is 0 Å². The van der Waals surface area contributed by atoms with E-state index in [1.165, 1.54) is 18.3 Å². The second kappa shape index (κ2) is 9.39. The molecule has 32 heavy (non-hydrogen) atoms. The molecular weight excluding hydrogens is 423 g/mol. The Labute approximate surface area is 183 Å². The number of aromatic nitrogens is 3.